The highest BCUT2D eigenvalue weighted by atomic mass is 35.5. The third-order valence-electron chi connectivity index (χ3n) is 5.15. The van der Waals surface area contributed by atoms with Gasteiger partial charge in [-0.15, -0.1) is 0 Å². The summed E-state index contributed by atoms with van der Waals surface area (Å²) >= 11 is 7.05. The molecule has 1 amide bonds. The molecule has 1 N–H and O–H groups in total. The fraction of sp³-hybridized carbons (Fsp3) is 0.0435. The number of hydrogen-bond donors (Lipinski definition) is 1. The minimum absolute atomic E-state index is 0.0684. The first kappa shape index (κ1) is 21.7. The highest BCUT2D eigenvalue weighted by Crippen LogP contribution is 2.29. The number of aromatic nitrogens is 3. The number of benzene rings is 2. The summed E-state index contributed by atoms with van der Waals surface area (Å²) in [6.45, 7) is 0.204. The van der Waals surface area contributed by atoms with Crippen molar-refractivity contribution in [3.8, 4) is 0 Å². The number of carbonyl (C=O) groups is 1. The van der Waals surface area contributed by atoms with Gasteiger partial charge in [0, 0.05) is 28.7 Å². The van der Waals surface area contributed by atoms with E-state index in [2.05, 4.69) is 15.3 Å². The maximum atomic E-state index is 13.3. The number of hydrogen-bond acceptors (Lipinski definition) is 7. The second kappa shape index (κ2) is 8.65. The zero-order chi connectivity index (χ0) is 23.8. The van der Waals surface area contributed by atoms with Crippen LogP contribution in [-0.4, -0.2) is 25.4 Å². The van der Waals surface area contributed by atoms with E-state index in [1.54, 1.807) is 42.6 Å². The molecule has 34 heavy (non-hydrogen) atoms. The fourth-order valence-electron chi connectivity index (χ4n) is 3.53. The lowest BCUT2D eigenvalue weighted by Crippen LogP contribution is -2.30. The summed E-state index contributed by atoms with van der Waals surface area (Å²) in [5.41, 5.74) is 1.14. The van der Waals surface area contributed by atoms with Gasteiger partial charge in [-0.3, -0.25) is 29.6 Å². The van der Waals surface area contributed by atoms with Crippen molar-refractivity contribution in [2.24, 2.45) is 0 Å². The number of non-ortho nitro benzene ring substituents is 1. The summed E-state index contributed by atoms with van der Waals surface area (Å²) in [6, 6.07) is 16.3. The van der Waals surface area contributed by atoms with Gasteiger partial charge < -0.3 is 0 Å². The molecule has 0 aliphatic rings. The van der Waals surface area contributed by atoms with E-state index in [-0.39, 0.29) is 22.9 Å². The minimum atomic E-state index is -0.630. The van der Waals surface area contributed by atoms with E-state index < -0.39 is 16.4 Å². The van der Waals surface area contributed by atoms with E-state index in [1.165, 1.54) is 28.8 Å². The lowest BCUT2D eigenvalue weighted by Gasteiger charge is -2.12. The topological polar surface area (TPSA) is 120 Å². The van der Waals surface area contributed by atoms with Crippen molar-refractivity contribution in [1.29, 1.82) is 0 Å². The number of anilines is 1. The number of nitrogens with zero attached hydrogens (tertiary/aromatic N) is 4. The van der Waals surface area contributed by atoms with Crippen LogP contribution in [0.4, 0.5) is 10.8 Å². The van der Waals surface area contributed by atoms with Crippen molar-refractivity contribution in [2.45, 2.75) is 6.54 Å². The molecule has 3 heterocycles. The number of carbonyl (C=O) groups excluding carboxylic acids is 1. The minimum Gasteiger partial charge on any atom is -0.298 e. The van der Waals surface area contributed by atoms with Gasteiger partial charge in [0.2, 0.25) is 0 Å². The Bertz CT molecular complexity index is 1650. The Morgan fingerprint density at radius 1 is 1.15 bits per heavy atom. The highest BCUT2D eigenvalue weighted by molar-refractivity contribution is 7.22. The molecule has 0 atom stereocenters. The van der Waals surface area contributed by atoms with E-state index in [0.29, 0.717) is 26.3 Å². The van der Waals surface area contributed by atoms with Crippen molar-refractivity contribution >= 4 is 60.9 Å². The summed E-state index contributed by atoms with van der Waals surface area (Å²) in [7, 11) is 0. The molecule has 3 aromatic heterocycles. The molecule has 0 aliphatic heterocycles. The van der Waals surface area contributed by atoms with Crippen LogP contribution in [0.5, 0.6) is 0 Å². The standard InChI is InChI=1S/C23H14ClN5O4S/c24-15-5-3-13(4-6-15)12-28-20-14(2-1-9-25-20)10-17(22(28)31)21(30)27-23-26-18-8-7-16(29(32)33)11-19(18)34-23/h1-11H,12H2,(H,26,27,30). The first-order valence-electron chi connectivity index (χ1n) is 9.98. The Morgan fingerprint density at radius 3 is 2.71 bits per heavy atom. The quantitative estimate of drug-likeness (QED) is 0.276. The molecule has 5 aromatic rings. The number of amides is 1. The molecule has 168 valence electrons. The molecule has 0 aliphatic carbocycles. The van der Waals surface area contributed by atoms with E-state index in [9.17, 15) is 19.7 Å². The van der Waals surface area contributed by atoms with Crippen LogP contribution < -0.4 is 10.9 Å². The van der Waals surface area contributed by atoms with Crippen LogP contribution in [0.15, 0.2) is 71.7 Å². The number of nitro groups is 1. The summed E-state index contributed by atoms with van der Waals surface area (Å²) in [4.78, 5) is 45.5. The lowest BCUT2D eigenvalue weighted by atomic mass is 10.1. The van der Waals surface area contributed by atoms with Crippen LogP contribution in [0.3, 0.4) is 0 Å². The van der Waals surface area contributed by atoms with E-state index in [1.807, 2.05) is 0 Å². The zero-order valence-corrected chi connectivity index (χ0v) is 18.8. The van der Waals surface area contributed by atoms with Gasteiger partial charge in [-0.05, 0) is 42.0 Å². The predicted octanol–water partition coefficient (Wildman–Crippen LogP) is 4.87. The third-order valence-corrected chi connectivity index (χ3v) is 6.34. The molecule has 0 unspecified atom stereocenters. The Hall–Kier alpha value is -4.15. The molecular formula is C23H14ClN5O4S. The molecule has 0 fully saturated rings. The molecule has 0 bridgehead atoms. The maximum Gasteiger partial charge on any atom is 0.270 e. The largest absolute Gasteiger partial charge is 0.298 e. The number of rotatable bonds is 5. The van der Waals surface area contributed by atoms with Crippen molar-refractivity contribution in [3.05, 3.63) is 103 Å². The van der Waals surface area contributed by atoms with Crippen molar-refractivity contribution in [1.82, 2.24) is 14.5 Å². The van der Waals surface area contributed by atoms with Gasteiger partial charge in [-0.25, -0.2) is 9.97 Å². The number of nitrogens with one attached hydrogen (secondary N) is 1. The first-order valence-corrected chi connectivity index (χ1v) is 11.2. The lowest BCUT2D eigenvalue weighted by molar-refractivity contribution is -0.384. The molecule has 2 aromatic carbocycles. The highest BCUT2D eigenvalue weighted by Gasteiger charge is 2.19. The molecule has 0 spiro atoms. The molecule has 0 saturated heterocycles. The van der Waals surface area contributed by atoms with Gasteiger partial charge in [-0.1, -0.05) is 35.1 Å². The number of fused-ring (bicyclic) bond motifs is 2. The van der Waals surface area contributed by atoms with Crippen LogP contribution in [0.1, 0.15) is 15.9 Å². The number of pyridine rings is 2. The number of halogens is 1. The normalized spacial score (nSPS) is 11.1. The van der Waals surface area contributed by atoms with E-state index >= 15 is 0 Å². The van der Waals surface area contributed by atoms with Gasteiger partial charge in [0.1, 0.15) is 11.2 Å². The Kier molecular flexibility index (Phi) is 5.52. The first-order chi connectivity index (χ1) is 16.4. The van der Waals surface area contributed by atoms with Gasteiger partial charge in [0.05, 0.1) is 21.7 Å². The third kappa shape index (κ3) is 4.12. The molecule has 5 rings (SSSR count). The second-order valence-corrected chi connectivity index (χ2v) is 8.84. The van der Waals surface area contributed by atoms with Crippen LogP contribution in [0, 0.1) is 10.1 Å². The maximum absolute atomic E-state index is 13.3. The van der Waals surface area contributed by atoms with Crippen LogP contribution in [0.2, 0.25) is 5.02 Å². The van der Waals surface area contributed by atoms with Crippen LogP contribution in [-0.2, 0) is 6.54 Å². The number of nitro benzene ring substituents is 1. The Labute approximate surface area is 200 Å². The molecule has 0 radical (unpaired) electrons. The molecule has 9 nitrogen and oxygen atoms in total. The van der Waals surface area contributed by atoms with E-state index in [4.69, 9.17) is 11.6 Å². The summed E-state index contributed by atoms with van der Waals surface area (Å²) in [5.74, 6) is -0.630. The second-order valence-electron chi connectivity index (χ2n) is 7.37. The van der Waals surface area contributed by atoms with Crippen molar-refractivity contribution in [3.63, 3.8) is 0 Å². The fourth-order valence-corrected chi connectivity index (χ4v) is 4.55. The average molecular weight is 492 g/mol. The smallest absolute Gasteiger partial charge is 0.270 e. The van der Waals surface area contributed by atoms with E-state index in [0.717, 1.165) is 16.9 Å². The molecule has 0 saturated carbocycles. The Morgan fingerprint density at radius 2 is 1.94 bits per heavy atom. The van der Waals surface area contributed by atoms with Crippen molar-refractivity contribution < 1.29 is 9.72 Å². The van der Waals surface area contributed by atoms with Gasteiger partial charge in [-0.2, -0.15) is 0 Å². The molecule has 11 heteroatoms. The summed E-state index contributed by atoms with van der Waals surface area (Å²) in [6.07, 6.45) is 1.58. The van der Waals surface area contributed by atoms with Gasteiger partial charge in [0.25, 0.3) is 17.2 Å². The van der Waals surface area contributed by atoms with Gasteiger partial charge in [0.15, 0.2) is 5.13 Å². The number of thiazole rings is 1. The average Bonchev–Trinajstić information content (AvgIpc) is 3.23. The van der Waals surface area contributed by atoms with Gasteiger partial charge >= 0.3 is 0 Å². The Balaban J connectivity index is 1.53. The molecular weight excluding hydrogens is 478 g/mol. The van der Waals surface area contributed by atoms with Crippen LogP contribution in [0.25, 0.3) is 21.3 Å². The summed E-state index contributed by atoms with van der Waals surface area (Å²) < 4.78 is 1.99. The zero-order valence-electron chi connectivity index (χ0n) is 17.3. The predicted molar refractivity (Wildman–Crippen MR) is 131 cm³/mol. The van der Waals surface area contributed by atoms with Crippen LogP contribution >= 0.6 is 22.9 Å². The van der Waals surface area contributed by atoms with Crippen molar-refractivity contribution in [2.75, 3.05) is 5.32 Å². The SMILES string of the molecule is O=C(Nc1nc2ccc([N+](=O)[O-])cc2s1)c1cc2cccnc2n(Cc2ccc(Cl)cc2)c1=O. The monoisotopic (exact) mass is 491 g/mol. The summed E-state index contributed by atoms with van der Waals surface area (Å²) in [5, 5.41) is 15.1.